The van der Waals surface area contributed by atoms with Crippen molar-refractivity contribution in [3.8, 4) is 0 Å². The molecule has 2 heterocycles. The van der Waals surface area contributed by atoms with E-state index >= 15 is 0 Å². The van der Waals surface area contributed by atoms with Crippen LogP contribution in [0.2, 0.25) is 5.02 Å². The Labute approximate surface area is 138 Å². The van der Waals surface area contributed by atoms with Crippen LogP contribution in [0.15, 0.2) is 48.9 Å². The molecule has 1 aromatic carbocycles. The number of carbonyl (C=O) groups excluding carboxylic acids is 1. The Kier molecular flexibility index (Phi) is 4.43. The Bertz CT molecular complexity index is 823. The molecule has 0 atom stereocenters. The van der Waals surface area contributed by atoms with Crippen LogP contribution in [0.25, 0.3) is 0 Å². The number of halogens is 1. The summed E-state index contributed by atoms with van der Waals surface area (Å²) in [5.74, 6) is -0.140. The molecule has 0 aliphatic rings. The third-order valence-electron chi connectivity index (χ3n) is 3.37. The SMILES string of the molecule is Cc1ccnn1CC(=O)Nc1cnn(Cc2cccc(Cl)c2)c1. The van der Waals surface area contributed by atoms with Crippen LogP contribution in [-0.4, -0.2) is 25.5 Å². The molecule has 23 heavy (non-hydrogen) atoms. The summed E-state index contributed by atoms with van der Waals surface area (Å²) in [4.78, 5) is 12.0. The summed E-state index contributed by atoms with van der Waals surface area (Å²) in [7, 11) is 0. The third-order valence-corrected chi connectivity index (χ3v) is 3.61. The zero-order chi connectivity index (χ0) is 16.2. The second-order valence-electron chi connectivity index (χ2n) is 5.23. The quantitative estimate of drug-likeness (QED) is 0.782. The van der Waals surface area contributed by atoms with Crippen LogP contribution in [0.4, 0.5) is 5.69 Å². The van der Waals surface area contributed by atoms with E-state index in [2.05, 4.69) is 15.5 Å². The van der Waals surface area contributed by atoms with Crippen LogP contribution in [-0.2, 0) is 17.9 Å². The van der Waals surface area contributed by atoms with Crippen molar-refractivity contribution >= 4 is 23.2 Å². The molecule has 2 aromatic heterocycles. The molecule has 0 aliphatic heterocycles. The zero-order valence-corrected chi connectivity index (χ0v) is 13.4. The van der Waals surface area contributed by atoms with E-state index in [0.29, 0.717) is 17.3 Å². The smallest absolute Gasteiger partial charge is 0.246 e. The lowest BCUT2D eigenvalue weighted by molar-refractivity contribution is -0.116. The maximum absolute atomic E-state index is 12.0. The van der Waals surface area contributed by atoms with E-state index in [1.807, 2.05) is 37.3 Å². The topological polar surface area (TPSA) is 64.7 Å². The van der Waals surface area contributed by atoms with Gasteiger partial charge in [0.1, 0.15) is 6.54 Å². The molecule has 0 saturated carbocycles. The Hall–Kier alpha value is -2.60. The van der Waals surface area contributed by atoms with Gasteiger partial charge in [-0.25, -0.2) is 0 Å². The highest BCUT2D eigenvalue weighted by Crippen LogP contribution is 2.13. The molecule has 0 fully saturated rings. The van der Waals surface area contributed by atoms with Crippen LogP contribution in [0.5, 0.6) is 0 Å². The van der Waals surface area contributed by atoms with Crippen LogP contribution in [0.1, 0.15) is 11.3 Å². The number of benzene rings is 1. The number of aryl methyl sites for hydroxylation is 1. The molecule has 0 spiro atoms. The lowest BCUT2D eigenvalue weighted by Gasteiger charge is -2.05. The van der Waals surface area contributed by atoms with Crippen molar-refractivity contribution in [1.82, 2.24) is 19.6 Å². The highest BCUT2D eigenvalue weighted by molar-refractivity contribution is 6.30. The normalized spacial score (nSPS) is 10.7. The predicted octanol–water partition coefficient (Wildman–Crippen LogP) is 2.73. The summed E-state index contributed by atoms with van der Waals surface area (Å²) in [6.45, 7) is 2.68. The van der Waals surface area contributed by atoms with Crippen LogP contribution >= 0.6 is 11.6 Å². The molecule has 3 rings (SSSR count). The van der Waals surface area contributed by atoms with Crippen LogP contribution in [0, 0.1) is 6.92 Å². The number of amides is 1. The highest BCUT2D eigenvalue weighted by Gasteiger charge is 2.07. The number of hydrogen-bond acceptors (Lipinski definition) is 3. The van der Waals surface area contributed by atoms with Gasteiger partial charge in [0.2, 0.25) is 5.91 Å². The van der Waals surface area contributed by atoms with Gasteiger partial charge in [-0.2, -0.15) is 10.2 Å². The van der Waals surface area contributed by atoms with Crippen molar-refractivity contribution < 1.29 is 4.79 Å². The van der Waals surface area contributed by atoms with Crippen molar-refractivity contribution in [2.24, 2.45) is 0 Å². The second kappa shape index (κ2) is 6.66. The Morgan fingerprint density at radius 1 is 1.30 bits per heavy atom. The highest BCUT2D eigenvalue weighted by atomic mass is 35.5. The first-order valence-electron chi connectivity index (χ1n) is 7.15. The molecular weight excluding hydrogens is 314 g/mol. The fourth-order valence-corrected chi connectivity index (χ4v) is 2.45. The van der Waals surface area contributed by atoms with Gasteiger partial charge in [-0.1, -0.05) is 23.7 Å². The van der Waals surface area contributed by atoms with Gasteiger partial charge in [0.25, 0.3) is 0 Å². The molecule has 1 amide bonds. The van der Waals surface area contributed by atoms with Gasteiger partial charge in [0, 0.05) is 23.1 Å². The number of anilines is 1. The van der Waals surface area contributed by atoms with E-state index in [-0.39, 0.29) is 12.5 Å². The fraction of sp³-hybridized carbons (Fsp3) is 0.188. The maximum atomic E-state index is 12.0. The summed E-state index contributed by atoms with van der Waals surface area (Å²) in [5.41, 5.74) is 2.64. The number of nitrogens with one attached hydrogen (secondary N) is 1. The minimum absolute atomic E-state index is 0.140. The lowest BCUT2D eigenvalue weighted by atomic mass is 10.2. The predicted molar refractivity (Wildman–Crippen MR) is 88.4 cm³/mol. The average Bonchev–Trinajstić information content (AvgIpc) is 3.09. The molecule has 3 aromatic rings. The van der Waals surface area contributed by atoms with E-state index in [4.69, 9.17) is 11.6 Å². The average molecular weight is 330 g/mol. The Balaban J connectivity index is 1.61. The van der Waals surface area contributed by atoms with Crippen molar-refractivity contribution in [1.29, 1.82) is 0 Å². The van der Waals surface area contributed by atoms with E-state index < -0.39 is 0 Å². The summed E-state index contributed by atoms with van der Waals surface area (Å²) in [6.07, 6.45) is 5.08. The second-order valence-corrected chi connectivity index (χ2v) is 5.67. The monoisotopic (exact) mass is 329 g/mol. The van der Waals surface area contributed by atoms with E-state index in [0.717, 1.165) is 11.3 Å². The van der Waals surface area contributed by atoms with Crippen molar-refractivity contribution in [2.45, 2.75) is 20.0 Å². The molecule has 0 aliphatic carbocycles. The van der Waals surface area contributed by atoms with Gasteiger partial charge in [-0.15, -0.1) is 0 Å². The number of rotatable bonds is 5. The van der Waals surface area contributed by atoms with Crippen molar-refractivity contribution in [3.05, 3.63) is 65.2 Å². The van der Waals surface area contributed by atoms with E-state index in [1.54, 1.807) is 28.0 Å². The summed E-state index contributed by atoms with van der Waals surface area (Å²) in [5, 5.41) is 11.8. The fourth-order valence-electron chi connectivity index (χ4n) is 2.24. The first-order valence-corrected chi connectivity index (χ1v) is 7.53. The van der Waals surface area contributed by atoms with Gasteiger partial charge in [-0.3, -0.25) is 14.2 Å². The minimum atomic E-state index is -0.140. The molecule has 1 N–H and O–H groups in total. The first-order chi connectivity index (χ1) is 11.1. The number of aromatic nitrogens is 4. The van der Waals surface area contributed by atoms with Crippen LogP contribution in [0.3, 0.4) is 0 Å². The maximum Gasteiger partial charge on any atom is 0.246 e. The molecule has 6 nitrogen and oxygen atoms in total. The summed E-state index contributed by atoms with van der Waals surface area (Å²) in [6, 6.07) is 9.46. The Morgan fingerprint density at radius 2 is 2.17 bits per heavy atom. The minimum Gasteiger partial charge on any atom is -0.322 e. The van der Waals surface area contributed by atoms with Gasteiger partial charge < -0.3 is 5.32 Å². The molecular formula is C16H16ClN5O. The molecule has 0 radical (unpaired) electrons. The largest absolute Gasteiger partial charge is 0.322 e. The van der Waals surface area contributed by atoms with Gasteiger partial charge in [0.05, 0.1) is 18.4 Å². The summed E-state index contributed by atoms with van der Waals surface area (Å²) < 4.78 is 3.39. The Morgan fingerprint density at radius 3 is 2.91 bits per heavy atom. The number of hydrogen-bond donors (Lipinski definition) is 1. The number of nitrogens with zero attached hydrogens (tertiary/aromatic N) is 4. The standard InChI is InChI=1S/C16H16ClN5O/c1-12-5-6-18-22(12)11-16(23)20-15-8-19-21(10-15)9-13-3-2-4-14(17)7-13/h2-8,10H,9,11H2,1H3,(H,20,23). The van der Waals surface area contributed by atoms with Gasteiger partial charge in [0.15, 0.2) is 0 Å². The zero-order valence-electron chi connectivity index (χ0n) is 12.6. The molecule has 0 saturated heterocycles. The molecule has 118 valence electrons. The lowest BCUT2D eigenvalue weighted by Crippen LogP contribution is -2.19. The van der Waals surface area contributed by atoms with Crippen molar-refractivity contribution in [2.75, 3.05) is 5.32 Å². The third kappa shape index (κ3) is 3.98. The molecule has 7 heteroatoms. The van der Waals surface area contributed by atoms with Gasteiger partial charge in [-0.05, 0) is 30.7 Å². The molecule has 0 bridgehead atoms. The van der Waals surface area contributed by atoms with Crippen LogP contribution < -0.4 is 5.32 Å². The summed E-state index contributed by atoms with van der Waals surface area (Å²) >= 11 is 5.97. The molecule has 0 unspecified atom stereocenters. The van der Waals surface area contributed by atoms with Gasteiger partial charge >= 0.3 is 0 Å². The number of carbonyl (C=O) groups is 1. The first kappa shape index (κ1) is 15.3. The van der Waals surface area contributed by atoms with E-state index in [9.17, 15) is 4.79 Å². The van der Waals surface area contributed by atoms with E-state index in [1.165, 1.54) is 0 Å². The van der Waals surface area contributed by atoms with Crippen molar-refractivity contribution in [3.63, 3.8) is 0 Å².